The summed E-state index contributed by atoms with van der Waals surface area (Å²) >= 11 is 0. The first-order chi connectivity index (χ1) is 12.2. The quantitative estimate of drug-likeness (QED) is 0.382. The molecule has 0 radical (unpaired) electrons. The van der Waals surface area contributed by atoms with Crippen LogP contribution < -0.4 is 5.06 Å². The fourth-order valence-corrected chi connectivity index (χ4v) is 2.84. The third-order valence-electron chi connectivity index (χ3n) is 4.29. The highest BCUT2D eigenvalue weighted by Crippen LogP contribution is 2.39. The molecule has 0 bridgehead atoms. The number of hydrogen-bond acceptors (Lipinski definition) is 9. The minimum absolute atomic E-state index is 0.0894. The molecule has 12 heteroatoms. The lowest BCUT2D eigenvalue weighted by molar-refractivity contribution is -0.0950. The van der Waals surface area contributed by atoms with Crippen LogP contribution in [0.25, 0.3) is 11.2 Å². The molecule has 1 saturated heterocycles. The van der Waals surface area contributed by atoms with Crippen LogP contribution in [0.4, 0.5) is 10.6 Å². The van der Waals surface area contributed by atoms with E-state index in [0.717, 1.165) is 11.2 Å². The van der Waals surface area contributed by atoms with Gasteiger partial charge in [-0.2, -0.15) is 5.06 Å². The van der Waals surface area contributed by atoms with Crippen molar-refractivity contribution in [3.63, 3.8) is 0 Å². The Balaban J connectivity index is 2.06. The minimum atomic E-state index is -1.73. The van der Waals surface area contributed by atoms with Crippen LogP contribution in [0.3, 0.4) is 0 Å². The zero-order valence-corrected chi connectivity index (χ0v) is 14.4. The average Bonchev–Trinajstić information content (AvgIpc) is 3.12. The Hall–Kier alpha value is -2.38. The van der Waals surface area contributed by atoms with E-state index in [4.69, 9.17) is 4.74 Å². The maximum absolute atomic E-state index is 12.0. The van der Waals surface area contributed by atoms with E-state index in [0.29, 0.717) is 5.06 Å². The lowest BCUT2D eigenvalue weighted by atomic mass is 9.96. The van der Waals surface area contributed by atoms with Gasteiger partial charge in [-0.25, -0.2) is 19.7 Å². The van der Waals surface area contributed by atoms with Crippen molar-refractivity contribution >= 4 is 23.0 Å². The second-order valence-electron chi connectivity index (χ2n) is 6.39. The molecule has 2 aromatic heterocycles. The summed E-state index contributed by atoms with van der Waals surface area (Å²) < 4.78 is 6.88. The first-order valence-electron chi connectivity index (χ1n) is 7.74. The molecular weight excluding hydrogens is 348 g/mol. The molecular formula is C14H20N6O6. The molecule has 0 saturated carbocycles. The van der Waals surface area contributed by atoms with E-state index in [1.165, 1.54) is 31.9 Å². The van der Waals surface area contributed by atoms with E-state index in [2.05, 4.69) is 15.0 Å². The highest BCUT2D eigenvalue weighted by Gasteiger charge is 2.53. The van der Waals surface area contributed by atoms with Crippen LogP contribution in [0, 0.1) is 0 Å². The number of hydrogen-bond donors (Lipinski definition) is 4. The Kier molecular flexibility index (Phi) is 4.54. The predicted molar refractivity (Wildman–Crippen MR) is 86.3 cm³/mol. The van der Waals surface area contributed by atoms with Gasteiger partial charge in [0.2, 0.25) is 0 Å². The maximum Gasteiger partial charge on any atom is 0.349 e. The summed E-state index contributed by atoms with van der Waals surface area (Å²) in [5.74, 6) is -0.149. The number of carbonyl (C=O) groups excluding carboxylic acids is 1. The zero-order chi connectivity index (χ0) is 19.2. The summed E-state index contributed by atoms with van der Waals surface area (Å²) in [5.41, 5.74) is -1.48. The monoisotopic (exact) mass is 368 g/mol. The summed E-state index contributed by atoms with van der Waals surface area (Å²) in [4.78, 5) is 25.2. The molecule has 1 aliphatic rings. The van der Waals surface area contributed by atoms with Crippen molar-refractivity contribution in [1.82, 2.24) is 24.4 Å². The smallest absolute Gasteiger partial charge is 0.349 e. The molecule has 26 heavy (non-hydrogen) atoms. The van der Waals surface area contributed by atoms with Gasteiger partial charge < -0.3 is 25.0 Å². The summed E-state index contributed by atoms with van der Waals surface area (Å²) in [7, 11) is 2.92. The molecule has 2 amide bonds. The van der Waals surface area contributed by atoms with Crippen LogP contribution >= 0.6 is 0 Å². The van der Waals surface area contributed by atoms with Crippen molar-refractivity contribution < 1.29 is 30.1 Å². The van der Waals surface area contributed by atoms with E-state index in [-0.39, 0.29) is 17.0 Å². The number of rotatable bonds is 3. The molecule has 3 heterocycles. The number of aliphatic hydroxyl groups is 3. The molecule has 4 N–H and O–H groups in total. The Labute approximate surface area is 147 Å². The number of anilines is 1. The van der Waals surface area contributed by atoms with Gasteiger partial charge >= 0.3 is 6.03 Å². The largest absolute Gasteiger partial charge is 0.394 e. The molecule has 0 spiro atoms. The first-order valence-corrected chi connectivity index (χ1v) is 7.74. The normalized spacial score (nSPS) is 28.5. The number of carbonyl (C=O) groups is 1. The van der Waals surface area contributed by atoms with E-state index < -0.39 is 36.7 Å². The van der Waals surface area contributed by atoms with Crippen LogP contribution in [-0.4, -0.2) is 89.5 Å². The van der Waals surface area contributed by atoms with Crippen molar-refractivity contribution in [3.8, 4) is 0 Å². The summed E-state index contributed by atoms with van der Waals surface area (Å²) in [5, 5.41) is 40.5. The standard InChI is InChI=1S/C14H20N6O6/c1-14(24)9(22)7(4-21)26-12(14)19-6-17-8-10(19)15-5-16-11(8)20(25)13(23)18(2)3/h5-7,9,12,21-22,24-25H,4H2,1-3H3/t7-,9-,12-,14-/m1/s1. The van der Waals surface area contributed by atoms with Gasteiger partial charge in [-0.15, -0.1) is 0 Å². The van der Waals surface area contributed by atoms with Crippen LogP contribution in [-0.2, 0) is 4.74 Å². The molecule has 3 rings (SSSR count). The lowest BCUT2D eigenvalue weighted by Gasteiger charge is -2.27. The van der Waals surface area contributed by atoms with Crippen LogP contribution in [0.1, 0.15) is 13.2 Å². The van der Waals surface area contributed by atoms with Crippen molar-refractivity contribution in [2.24, 2.45) is 0 Å². The third kappa shape index (κ3) is 2.68. The number of aliphatic hydroxyl groups excluding tert-OH is 2. The molecule has 0 unspecified atom stereocenters. The van der Waals surface area contributed by atoms with Gasteiger partial charge in [0.25, 0.3) is 0 Å². The van der Waals surface area contributed by atoms with Gasteiger partial charge in [-0.1, -0.05) is 0 Å². The topological polar surface area (TPSA) is 157 Å². The molecule has 12 nitrogen and oxygen atoms in total. The number of hydroxylamine groups is 1. The van der Waals surface area contributed by atoms with Gasteiger partial charge in [0.05, 0.1) is 12.9 Å². The molecule has 1 aliphatic heterocycles. The van der Waals surface area contributed by atoms with Crippen molar-refractivity contribution in [2.75, 3.05) is 25.8 Å². The summed E-state index contributed by atoms with van der Waals surface area (Å²) in [6.45, 7) is 0.877. The summed E-state index contributed by atoms with van der Waals surface area (Å²) in [6.07, 6.45) is -1.02. The van der Waals surface area contributed by atoms with Crippen LogP contribution in [0.5, 0.6) is 0 Å². The second-order valence-corrected chi connectivity index (χ2v) is 6.39. The van der Waals surface area contributed by atoms with Crippen molar-refractivity contribution in [2.45, 2.75) is 31.0 Å². The number of fused-ring (bicyclic) bond motifs is 1. The number of ether oxygens (including phenoxy) is 1. The Bertz CT molecular complexity index is 823. The zero-order valence-electron chi connectivity index (χ0n) is 14.4. The van der Waals surface area contributed by atoms with Gasteiger partial charge in [-0.05, 0) is 6.92 Å². The number of aromatic nitrogens is 4. The first kappa shape index (κ1) is 18.4. The number of amides is 2. The highest BCUT2D eigenvalue weighted by molar-refractivity contribution is 5.95. The van der Waals surface area contributed by atoms with Crippen molar-refractivity contribution in [1.29, 1.82) is 0 Å². The van der Waals surface area contributed by atoms with Gasteiger partial charge in [0.15, 0.2) is 23.2 Å². The molecule has 2 aromatic rings. The average molecular weight is 368 g/mol. The van der Waals surface area contributed by atoms with Crippen molar-refractivity contribution in [3.05, 3.63) is 12.7 Å². The SMILES string of the molecule is CN(C)C(=O)N(O)c1ncnc2c1ncn2[C@@H]1O[C@H](CO)[C@@H](O)[C@@]1(C)O. The molecule has 0 aromatic carbocycles. The minimum Gasteiger partial charge on any atom is -0.394 e. The lowest BCUT2D eigenvalue weighted by Crippen LogP contribution is -2.44. The van der Waals surface area contributed by atoms with Crippen LogP contribution in [0.2, 0.25) is 0 Å². The fraction of sp³-hybridized carbons (Fsp3) is 0.571. The Morgan fingerprint density at radius 1 is 1.38 bits per heavy atom. The Morgan fingerprint density at radius 2 is 2.08 bits per heavy atom. The third-order valence-corrected chi connectivity index (χ3v) is 4.29. The van der Waals surface area contributed by atoms with Crippen LogP contribution in [0.15, 0.2) is 12.7 Å². The van der Waals surface area contributed by atoms with Gasteiger partial charge in [0.1, 0.15) is 24.1 Å². The Morgan fingerprint density at radius 3 is 2.65 bits per heavy atom. The predicted octanol–water partition coefficient (Wildman–Crippen LogP) is -1.29. The van der Waals surface area contributed by atoms with E-state index in [1.54, 1.807) is 0 Å². The van der Waals surface area contributed by atoms with Gasteiger partial charge in [0, 0.05) is 14.1 Å². The molecule has 1 fully saturated rings. The van der Waals surface area contributed by atoms with E-state index in [1.807, 2.05) is 0 Å². The molecule has 0 aliphatic carbocycles. The fourth-order valence-electron chi connectivity index (χ4n) is 2.84. The van der Waals surface area contributed by atoms with E-state index >= 15 is 0 Å². The second kappa shape index (κ2) is 6.41. The summed E-state index contributed by atoms with van der Waals surface area (Å²) in [6, 6.07) is -0.737. The molecule has 4 atom stereocenters. The number of nitrogens with zero attached hydrogens (tertiary/aromatic N) is 6. The van der Waals surface area contributed by atoms with Gasteiger partial charge in [-0.3, -0.25) is 9.77 Å². The maximum atomic E-state index is 12.0. The highest BCUT2D eigenvalue weighted by atomic mass is 16.6. The van der Waals surface area contributed by atoms with E-state index in [9.17, 15) is 25.3 Å². The molecule has 142 valence electrons. The number of urea groups is 1. The number of imidazole rings is 1.